The summed E-state index contributed by atoms with van der Waals surface area (Å²) in [6.45, 7) is 8.71. The first-order valence-electron chi connectivity index (χ1n) is 2.87. The minimum Gasteiger partial charge on any atom is -0.238 e. The van der Waals surface area contributed by atoms with Gasteiger partial charge in [0.15, 0.2) is 5.69 Å². The molecule has 0 aromatic heterocycles. The smallest absolute Gasteiger partial charge is 0.188 e. The molecule has 0 aliphatic heterocycles. The summed E-state index contributed by atoms with van der Waals surface area (Å²) in [5.74, 6) is 0. The predicted molar refractivity (Wildman–Crippen MR) is 45.1 cm³/mol. The van der Waals surface area contributed by atoms with Gasteiger partial charge in [-0.15, -0.1) is 0 Å². The fourth-order valence-corrected chi connectivity index (χ4v) is 1.02. The molecule has 50 valence electrons. The summed E-state index contributed by atoms with van der Waals surface area (Å²) in [6, 6.07) is 5.56. The molecule has 0 atom stereocenters. The minimum absolute atomic E-state index is 0.678. The van der Waals surface area contributed by atoms with Gasteiger partial charge in [0.05, 0.1) is 6.57 Å². The van der Waals surface area contributed by atoms with Gasteiger partial charge in [0.1, 0.15) is 0 Å². The highest BCUT2D eigenvalue weighted by atomic mass is 79.9. The first kappa shape index (κ1) is 7.30. The standard InChI is InChI=1S/C8H6BrN/c1-6-3-4-7(10-2)5-8(6)9/h3-5H,1H3. The highest BCUT2D eigenvalue weighted by Crippen LogP contribution is 2.22. The van der Waals surface area contributed by atoms with E-state index >= 15 is 0 Å². The predicted octanol–water partition coefficient (Wildman–Crippen LogP) is 3.31. The van der Waals surface area contributed by atoms with Crippen LogP contribution in [0.5, 0.6) is 0 Å². The molecule has 1 aromatic rings. The maximum Gasteiger partial charge on any atom is 0.188 e. The van der Waals surface area contributed by atoms with Crippen LogP contribution in [-0.2, 0) is 0 Å². The number of rotatable bonds is 0. The topological polar surface area (TPSA) is 4.36 Å². The normalized spacial score (nSPS) is 8.90. The third-order valence-corrected chi connectivity index (χ3v) is 2.14. The van der Waals surface area contributed by atoms with Crippen LogP contribution in [0.25, 0.3) is 4.85 Å². The quantitative estimate of drug-likeness (QED) is 0.560. The molecule has 0 unspecified atom stereocenters. The maximum atomic E-state index is 6.72. The SMILES string of the molecule is [C-]#[N+]c1ccc(C)c(Br)c1. The van der Waals surface area contributed by atoms with Crippen LogP contribution in [0, 0.1) is 13.5 Å². The van der Waals surface area contributed by atoms with Crippen LogP contribution in [-0.4, -0.2) is 0 Å². The Bertz CT molecular complexity index is 286. The molecule has 1 rings (SSSR count). The lowest BCUT2D eigenvalue weighted by Crippen LogP contribution is -1.71. The highest BCUT2D eigenvalue weighted by molar-refractivity contribution is 9.10. The van der Waals surface area contributed by atoms with Crippen LogP contribution < -0.4 is 0 Å². The molecule has 1 nitrogen and oxygen atoms in total. The van der Waals surface area contributed by atoms with Crippen molar-refractivity contribution in [2.24, 2.45) is 0 Å². The largest absolute Gasteiger partial charge is 0.238 e. The molecular formula is C8H6BrN. The third-order valence-electron chi connectivity index (χ3n) is 1.28. The van der Waals surface area contributed by atoms with Crippen molar-refractivity contribution in [3.63, 3.8) is 0 Å². The molecule has 0 radical (unpaired) electrons. The Labute approximate surface area is 68.6 Å². The van der Waals surface area contributed by atoms with Crippen molar-refractivity contribution < 1.29 is 0 Å². The lowest BCUT2D eigenvalue weighted by atomic mass is 10.2. The fraction of sp³-hybridized carbons (Fsp3) is 0.125. The zero-order valence-electron chi connectivity index (χ0n) is 5.56. The van der Waals surface area contributed by atoms with E-state index in [1.54, 1.807) is 0 Å². The van der Waals surface area contributed by atoms with E-state index in [0.29, 0.717) is 5.69 Å². The van der Waals surface area contributed by atoms with Gasteiger partial charge in [-0.25, -0.2) is 4.85 Å². The summed E-state index contributed by atoms with van der Waals surface area (Å²) in [7, 11) is 0. The molecule has 0 aliphatic carbocycles. The Kier molecular flexibility index (Phi) is 2.08. The van der Waals surface area contributed by atoms with Crippen molar-refractivity contribution in [2.45, 2.75) is 6.92 Å². The molecule has 0 aliphatic rings. The summed E-state index contributed by atoms with van der Waals surface area (Å²) in [5, 5.41) is 0. The summed E-state index contributed by atoms with van der Waals surface area (Å²) in [5.41, 5.74) is 1.84. The second-order valence-electron chi connectivity index (χ2n) is 2.05. The fourth-order valence-electron chi connectivity index (χ4n) is 0.651. The van der Waals surface area contributed by atoms with Crippen molar-refractivity contribution in [1.29, 1.82) is 0 Å². The van der Waals surface area contributed by atoms with Crippen LogP contribution >= 0.6 is 15.9 Å². The average Bonchev–Trinajstić information content (AvgIpc) is 1.95. The molecule has 1 aromatic carbocycles. The van der Waals surface area contributed by atoms with E-state index in [0.717, 1.165) is 10.0 Å². The van der Waals surface area contributed by atoms with Crippen LogP contribution in [0.4, 0.5) is 5.69 Å². The highest BCUT2D eigenvalue weighted by Gasteiger charge is 1.94. The second-order valence-corrected chi connectivity index (χ2v) is 2.90. The third kappa shape index (κ3) is 1.37. The molecule has 0 amide bonds. The van der Waals surface area contributed by atoms with E-state index in [1.807, 2.05) is 25.1 Å². The molecule has 0 heterocycles. The van der Waals surface area contributed by atoms with E-state index in [9.17, 15) is 0 Å². The van der Waals surface area contributed by atoms with E-state index < -0.39 is 0 Å². The Hall–Kier alpha value is -0.810. The molecular weight excluding hydrogens is 190 g/mol. The first-order chi connectivity index (χ1) is 4.74. The molecule has 0 fully saturated rings. The summed E-state index contributed by atoms with van der Waals surface area (Å²) in [6.07, 6.45) is 0. The molecule has 0 bridgehead atoms. The number of nitrogens with zero attached hydrogens (tertiary/aromatic N) is 1. The van der Waals surface area contributed by atoms with Crippen LogP contribution in [0.3, 0.4) is 0 Å². The van der Waals surface area contributed by atoms with E-state index in [1.165, 1.54) is 0 Å². The molecule has 0 N–H and O–H groups in total. The van der Waals surface area contributed by atoms with Crippen molar-refractivity contribution in [1.82, 2.24) is 0 Å². The lowest BCUT2D eigenvalue weighted by molar-refractivity contribution is 1.44. The van der Waals surface area contributed by atoms with Gasteiger partial charge in [0.2, 0.25) is 0 Å². The summed E-state index contributed by atoms with van der Waals surface area (Å²) >= 11 is 3.34. The Morgan fingerprint density at radius 1 is 1.50 bits per heavy atom. The monoisotopic (exact) mass is 195 g/mol. The van der Waals surface area contributed by atoms with Crippen LogP contribution in [0.15, 0.2) is 22.7 Å². The number of benzene rings is 1. The van der Waals surface area contributed by atoms with Crippen molar-refractivity contribution >= 4 is 21.6 Å². The summed E-state index contributed by atoms with van der Waals surface area (Å²) < 4.78 is 1.00. The van der Waals surface area contributed by atoms with Gasteiger partial charge < -0.3 is 0 Å². The first-order valence-corrected chi connectivity index (χ1v) is 3.67. The van der Waals surface area contributed by atoms with Crippen molar-refractivity contribution in [3.8, 4) is 0 Å². The Morgan fingerprint density at radius 2 is 2.20 bits per heavy atom. The second kappa shape index (κ2) is 2.85. The Balaban J connectivity index is 3.20. The van der Waals surface area contributed by atoms with Gasteiger partial charge in [-0.2, -0.15) is 0 Å². The zero-order chi connectivity index (χ0) is 7.56. The Morgan fingerprint density at radius 3 is 2.70 bits per heavy atom. The van der Waals surface area contributed by atoms with E-state index in [2.05, 4.69) is 20.8 Å². The molecule has 2 heteroatoms. The van der Waals surface area contributed by atoms with Gasteiger partial charge >= 0.3 is 0 Å². The average molecular weight is 196 g/mol. The van der Waals surface area contributed by atoms with Gasteiger partial charge in [-0.1, -0.05) is 28.1 Å². The minimum atomic E-state index is 0.678. The van der Waals surface area contributed by atoms with E-state index in [-0.39, 0.29) is 0 Å². The number of hydrogen-bond acceptors (Lipinski definition) is 0. The lowest BCUT2D eigenvalue weighted by Gasteiger charge is -1.95. The number of halogens is 1. The van der Waals surface area contributed by atoms with Crippen LogP contribution in [0.1, 0.15) is 5.56 Å². The molecule has 0 spiro atoms. The van der Waals surface area contributed by atoms with Gasteiger partial charge in [-0.3, -0.25) is 0 Å². The van der Waals surface area contributed by atoms with Crippen molar-refractivity contribution in [2.75, 3.05) is 0 Å². The molecule has 0 saturated carbocycles. The van der Waals surface area contributed by atoms with Crippen LogP contribution in [0.2, 0.25) is 0 Å². The molecule has 0 saturated heterocycles. The van der Waals surface area contributed by atoms with Gasteiger partial charge in [0, 0.05) is 4.47 Å². The zero-order valence-corrected chi connectivity index (χ0v) is 7.14. The maximum absolute atomic E-state index is 6.72. The van der Waals surface area contributed by atoms with E-state index in [4.69, 9.17) is 6.57 Å². The van der Waals surface area contributed by atoms with Crippen molar-refractivity contribution in [3.05, 3.63) is 39.7 Å². The van der Waals surface area contributed by atoms with Gasteiger partial charge in [-0.05, 0) is 18.6 Å². The summed E-state index contributed by atoms with van der Waals surface area (Å²) in [4.78, 5) is 3.29. The number of hydrogen-bond donors (Lipinski definition) is 0. The number of aryl methyl sites for hydroxylation is 1. The molecule has 10 heavy (non-hydrogen) atoms. The van der Waals surface area contributed by atoms with Gasteiger partial charge in [0.25, 0.3) is 0 Å².